The van der Waals surface area contributed by atoms with Crippen LogP contribution in [0.3, 0.4) is 0 Å². The Morgan fingerprint density at radius 2 is 1.89 bits per heavy atom. The van der Waals surface area contributed by atoms with E-state index in [0.29, 0.717) is 37.3 Å². The van der Waals surface area contributed by atoms with Crippen LogP contribution in [-0.2, 0) is 32.5 Å². The molecule has 35 heavy (non-hydrogen) atoms. The van der Waals surface area contributed by atoms with Gasteiger partial charge in [-0.05, 0) is 54.8 Å². The Morgan fingerprint density at radius 1 is 1.14 bits per heavy atom. The number of aromatic nitrogens is 1. The van der Waals surface area contributed by atoms with Crippen molar-refractivity contribution in [3.63, 3.8) is 0 Å². The zero-order valence-electron chi connectivity index (χ0n) is 20.6. The Morgan fingerprint density at radius 3 is 2.57 bits per heavy atom. The van der Waals surface area contributed by atoms with E-state index in [1.807, 2.05) is 19.2 Å². The summed E-state index contributed by atoms with van der Waals surface area (Å²) in [7, 11) is -3.63. The first-order chi connectivity index (χ1) is 16.7. The molecule has 0 bridgehead atoms. The van der Waals surface area contributed by atoms with Gasteiger partial charge < -0.3 is 10.3 Å². The fourth-order valence-electron chi connectivity index (χ4n) is 4.84. The van der Waals surface area contributed by atoms with Crippen molar-refractivity contribution in [3.8, 4) is 0 Å². The molecule has 0 fully saturated rings. The fourth-order valence-corrected chi connectivity index (χ4v) is 6.35. The second kappa shape index (κ2) is 9.83. The maximum atomic E-state index is 13.1. The molecule has 9 heteroatoms. The minimum absolute atomic E-state index is 0.180. The number of rotatable bonds is 8. The summed E-state index contributed by atoms with van der Waals surface area (Å²) in [5.74, 6) is -0.504. The highest BCUT2D eigenvalue weighted by atomic mass is 32.2. The summed E-state index contributed by atoms with van der Waals surface area (Å²) in [4.78, 5) is 30.5. The molecule has 1 atom stereocenters. The second-order valence-corrected chi connectivity index (χ2v) is 10.8. The van der Waals surface area contributed by atoms with E-state index in [2.05, 4.69) is 22.4 Å². The molecule has 8 nitrogen and oxygen atoms in total. The molecule has 1 aliphatic rings. The van der Waals surface area contributed by atoms with Crippen LogP contribution >= 0.6 is 0 Å². The van der Waals surface area contributed by atoms with Gasteiger partial charge in [-0.15, -0.1) is 0 Å². The number of nitrogens with zero attached hydrogens (tertiary/aromatic N) is 2. The highest BCUT2D eigenvalue weighted by molar-refractivity contribution is 7.89. The first kappa shape index (κ1) is 24.9. The lowest BCUT2D eigenvalue weighted by Crippen LogP contribution is -2.47. The second-order valence-electron chi connectivity index (χ2n) is 8.89. The number of anilines is 1. The van der Waals surface area contributed by atoms with Gasteiger partial charge in [0.2, 0.25) is 21.8 Å². The topological polar surface area (TPSA) is 103 Å². The monoisotopic (exact) mass is 496 g/mol. The van der Waals surface area contributed by atoms with E-state index >= 15 is 0 Å². The fraction of sp³-hybridized carbons (Fsp3) is 0.385. The zero-order valence-corrected chi connectivity index (χ0v) is 21.4. The van der Waals surface area contributed by atoms with Crippen molar-refractivity contribution in [3.05, 3.63) is 59.3 Å². The van der Waals surface area contributed by atoms with Gasteiger partial charge in [-0.3, -0.25) is 14.5 Å². The number of benzene rings is 2. The predicted octanol–water partition coefficient (Wildman–Crippen LogP) is 3.14. The van der Waals surface area contributed by atoms with Crippen LogP contribution in [0.2, 0.25) is 0 Å². The highest BCUT2D eigenvalue weighted by Crippen LogP contribution is 2.35. The summed E-state index contributed by atoms with van der Waals surface area (Å²) >= 11 is 0. The molecule has 0 saturated heterocycles. The molecule has 0 radical (unpaired) electrons. The van der Waals surface area contributed by atoms with E-state index < -0.39 is 16.1 Å². The molecule has 186 valence electrons. The van der Waals surface area contributed by atoms with Crippen LogP contribution in [0.1, 0.15) is 37.5 Å². The first-order valence-electron chi connectivity index (χ1n) is 11.9. The van der Waals surface area contributed by atoms with Crippen molar-refractivity contribution in [2.24, 2.45) is 0 Å². The van der Waals surface area contributed by atoms with E-state index in [0.717, 1.165) is 16.5 Å². The molecular formula is C26H32N4O4S. The third-order valence-corrected chi connectivity index (χ3v) is 8.68. The van der Waals surface area contributed by atoms with Crippen LogP contribution < -0.4 is 10.2 Å². The van der Waals surface area contributed by atoms with E-state index in [-0.39, 0.29) is 23.1 Å². The molecule has 0 aliphatic carbocycles. The number of hydrogen-bond acceptors (Lipinski definition) is 4. The first-order valence-corrected chi connectivity index (χ1v) is 13.4. The lowest BCUT2D eigenvalue weighted by atomic mass is 10.1. The molecule has 2 amide bonds. The number of hydrogen-bond donors (Lipinski definition) is 2. The molecular weight excluding hydrogens is 464 g/mol. The smallest absolute Gasteiger partial charge is 0.243 e. The lowest BCUT2D eigenvalue weighted by molar-refractivity contribution is -0.125. The Balaban J connectivity index is 1.50. The largest absolute Gasteiger partial charge is 0.361 e. The van der Waals surface area contributed by atoms with Gasteiger partial charge in [0, 0.05) is 55.8 Å². The lowest BCUT2D eigenvalue weighted by Gasteiger charge is -2.23. The van der Waals surface area contributed by atoms with Crippen molar-refractivity contribution >= 4 is 38.4 Å². The van der Waals surface area contributed by atoms with Crippen molar-refractivity contribution in [1.29, 1.82) is 0 Å². The van der Waals surface area contributed by atoms with E-state index in [1.54, 1.807) is 26.0 Å². The third-order valence-electron chi connectivity index (χ3n) is 6.64. The van der Waals surface area contributed by atoms with Crippen LogP contribution in [0.15, 0.2) is 47.5 Å². The number of fused-ring (bicyclic) bond motifs is 2. The van der Waals surface area contributed by atoms with Crippen molar-refractivity contribution in [2.75, 3.05) is 24.5 Å². The Hall–Kier alpha value is -3.17. The number of nitrogens with one attached hydrogen (secondary N) is 2. The van der Waals surface area contributed by atoms with Gasteiger partial charge in [0.1, 0.15) is 6.04 Å². The van der Waals surface area contributed by atoms with Crippen molar-refractivity contribution in [1.82, 2.24) is 14.6 Å². The Bertz CT molecular complexity index is 1380. The predicted molar refractivity (Wildman–Crippen MR) is 137 cm³/mol. The standard InChI is InChI=1S/C26H32N4O4S/c1-5-29(6-2)35(33,34)21-8-10-24-20(14-21)15-25(30(24)18(4)31)26(32)27-12-11-19-16-28-23-9-7-17(3)13-22(19)23/h7-10,13-14,16,25,28H,5-6,11-12,15H2,1-4H3,(H,27,32). The summed E-state index contributed by atoms with van der Waals surface area (Å²) in [6.45, 7) is 8.23. The number of H-pyrrole nitrogens is 1. The summed E-state index contributed by atoms with van der Waals surface area (Å²) < 4.78 is 27.3. The maximum Gasteiger partial charge on any atom is 0.243 e. The molecule has 1 aromatic heterocycles. The average Bonchev–Trinajstić information content (AvgIpc) is 3.40. The van der Waals surface area contributed by atoms with Gasteiger partial charge >= 0.3 is 0 Å². The molecule has 3 aromatic rings. The Labute approximate surface area is 206 Å². The quantitative estimate of drug-likeness (QED) is 0.500. The van der Waals surface area contributed by atoms with Crippen LogP contribution in [0.4, 0.5) is 5.69 Å². The summed E-state index contributed by atoms with van der Waals surface area (Å²) in [6, 6.07) is 10.3. The summed E-state index contributed by atoms with van der Waals surface area (Å²) in [5.41, 5.74) is 4.62. The average molecular weight is 497 g/mol. The van der Waals surface area contributed by atoms with E-state index in [9.17, 15) is 18.0 Å². The molecule has 2 N–H and O–H groups in total. The molecule has 4 rings (SSSR count). The molecule has 2 heterocycles. The van der Waals surface area contributed by atoms with Crippen molar-refractivity contribution < 1.29 is 18.0 Å². The van der Waals surface area contributed by atoms with Crippen LogP contribution in [0.5, 0.6) is 0 Å². The van der Waals surface area contributed by atoms with Crippen molar-refractivity contribution in [2.45, 2.75) is 51.5 Å². The summed E-state index contributed by atoms with van der Waals surface area (Å²) in [5, 5.41) is 4.11. The zero-order chi connectivity index (χ0) is 25.3. The third kappa shape index (κ3) is 4.70. The van der Waals surface area contributed by atoms with Gasteiger partial charge in [0.15, 0.2) is 0 Å². The van der Waals surface area contributed by atoms with Gasteiger partial charge in [-0.2, -0.15) is 4.31 Å². The molecule has 1 unspecified atom stereocenters. The Kier molecular flexibility index (Phi) is 7.00. The minimum atomic E-state index is -3.63. The minimum Gasteiger partial charge on any atom is -0.361 e. The van der Waals surface area contributed by atoms with Gasteiger partial charge in [-0.1, -0.05) is 25.5 Å². The molecule has 0 spiro atoms. The van der Waals surface area contributed by atoms with Crippen LogP contribution in [-0.4, -0.2) is 55.2 Å². The molecule has 0 saturated carbocycles. The number of carbonyl (C=O) groups excluding carboxylic acids is 2. The normalized spacial score (nSPS) is 15.6. The van der Waals surface area contributed by atoms with E-state index in [4.69, 9.17) is 0 Å². The number of aromatic amines is 1. The maximum absolute atomic E-state index is 13.1. The number of amides is 2. The number of carbonyl (C=O) groups is 2. The van der Waals surface area contributed by atoms with Gasteiger partial charge in [0.25, 0.3) is 0 Å². The van der Waals surface area contributed by atoms with Gasteiger partial charge in [-0.25, -0.2) is 8.42 Å². The SMILES string of the molecule is CCN(CC)S(=O)(=O)c1ccc2c(c1)CC(C(=O)NCCc1c[nH]c3ccc(C)cc13)N2C(C)=O. The molecule has 1 aliphatic heterocycles. The number of sulfonamides is 1. The van der Waals surface area contributed by atoms with Gasteiger partial charge in [0.05, 0.1) is 4.90 Å². The van der Waals surface area contributed by atoms with Crippen LogP contribution in [0, 0.1) is 6.92 Å². The highest BCUT2D eigenvalue weighted by Gasteiger charge is 2.37. The molecule has 2 aromatic carbocycles. The van der Waals surface area contributed by atoms with Crippen LogP contribution in [0.25, 0.3) is 10.9 Å². The van der Waals surface area contributed by atoms with E-state index in [1.165, 1.54) is 27.8 Å². The summed E-state index contributed by atoms with van der Waals surface area (Å²) in [6.07, 6.45) is 2.89. The number of aryl methyl sites for hydroxylation is 1.